The zero-order valence-electron chi connectivity index (χ0n) is 70.0. The van der Waals surface area contributed by atoms with E-state index >= 15 is 0 Å². The number of Topliss-reactive ketones (excluding diaryl/α,β-unsaturated/α-hetero) is 1. The molecule has 674 valence electrons. The van der Waals surface area contributed by atoms with E-state index < -0.39 is 152 Å². The van der Waals surface area contributed by atoms with Crippen molar-refractivity contribution in [2.75, 3.05) is 132 Å². The fourth-order valence-corrected chi connectivity index (χ4v) is 12.8. The van der Waals surface area contributed by atoms with Crippen LogP contribution in [0.25, 0.3) is 0 Å². The molecule has 0 saturated carbocycles. The Hall–Kier alpha value is -7.70. The first kappa shape index (κ1) is 107. The fourth-order valence-electron chi connectivity index (χ4n) is 12.8. The molecule has 0 aromatic heterocycles. The summed E-state index contributed by atoms with van der Waals surface area (Å²) in [6.07, 6.45) is 2.53. The SMILES string of the molecule is CC(=O)N[C@@H](CO)CN(C(=O)CCCC(=O)NCCCNC(=O)CCOCC(COCCC(=O)NCCCNC(=O)CCCC(=O)N1C[C@@H](NC(C)=O)C(O)C(O)C1CO)(COCCC(=O)NCCCNC(=O)CCCC(=O)N(C[C@H](CO)NC(C)=O)C(CO)[C@@H](C)O)NC(=O)CCCCCCCCCCC(=O)C(C)C)C(CO)[C@@H](C)O. The molecule has 39 heteroatoms. The summed E-state index contributed by atoms with van der Waals surface area (Å²) in [5.41, 5.74) is -1.45. The highest BCUT2D eigenvalue weighted by Crippen LogP contribution is 2.22. The lowest BCUT2D eigenvalue weighted by atomic mass is 9.92. The Morgan fingerprint density at radius 3 is 1.08 bits per heavy atom. The van der Waals surface area contributed by atoms with Gasteiger partial charge in [-0.3, -0.25) is 67.1 Å². The van der Waals surface area contributed by atoms with Crippen molar-refractivity contribution < 1.29 is 127 Å². The Morgan fingerprint density at radius 2 is 0.752 bits per heavy atom. The van der Waals surface area contributed by atoms with E-state index in [1.54, 1.807) is 0 Å². The van der Waals surface area contributed by atoms with E-state index in [2.05, 4.69) is 53.2 Å². The van der Waals surface area contributed by atoms with Crippen LogP contribution < -0.4 is 53.2 Å². The van der Waals surface area contributed by atoms with E-state index in [4.69, 9.17) is 14.2 Å². The maximum absolute atomic E-state index is 14.0. The van der Waals surface area contributed by atoms with Gasteiger partial charge in [-0.1, -0.05) is 52.4 Å². The van der Waals surface area contributed by atoms with Crippen molar-refractivity contribution in [1.29, 1.82) is 0 Å². The first-order valence-corrected chi connectivity index (χ1v) is 41.3. The number of hydrogen-bond acceptors (Lipinski definition) is 26. The lowest BCUT2D eigenvalue weighted by Gasteiger charge is -2.45. The van der Waals surface area contributed by atoms with Crippen LogP contribution in [0.1, 0.15) is 209 Å². The van der Waals surface area contributed by atoms with Crippen LogP contribution in [0, 0.1) is 5.92 Å². The van der Waals surface area contributed by atoms with Crippen LogP contribution in [-0.2, 0) is 81.3 Å². The zero-order valence-corrected chi connectivity index (χ0v) is 70.0. The Labute approximate surface area is 687 Å². The highest BCUT2D eigenvalue weighted by Gasteiger charge is 2.44. The summed E-state index contributed by atoms with van der Waals surface area (Å²) in [6.45, 7) is 6.51. The van der Waals surface area contributed by atoms with Gasteiger partial charge in [-0.15, -0.1) is 0 Å². The number of hydrogen-bond donors (Lipinski definition) is 19. The van der Waals surface area contributed by atoms with E-state index in [1.165, 1.54) is 49.3 Å². The molecular weight excluding hydrogens is 1530 g/mol. The Balaban J connectivity index is 3.14. The largest absolute Gasteiger partial charge is 0.394 e. The maximum Gasteiger partial charge on any atom is 0.223 e. The number of amides is 13. The number of carbonyl (C=O) groups excluding carboxylic acids is 14. The van der Waals surface area contributed by atoms with Gasteiger partial charge in [-0.2, -0.15) is 0 Å². The Morgan fingerprint density at radius 1 is 0.410 bits per heavy atom. The summed E-state index contributed by atoms with van der Waals surface area (Å²) in [6, 6.07) is -5.89. The minimum atomic E-state index is -1.53. The molecule has 10 atom stereocenters. The molecule has 19 N–H and O–H groups in total. The van der Waals surface area contributed by atoms with Gasteiger partial charge in [0.15, 0.2) is 0 Å². The van der Waals surface area contributed by atoms with Crippen molar-refractivity contribution in [2.24, 2.45) is 5.92 Å². The third-order valence-electron chi connectivity index (χ3n) is 19.4. The molecule has 5 unspecified atom stereocenters. The molecule has 1 heterocycles. The standard InChI is InChI=1S/C78H141N13O26/c1-53(2)65(102)22-14-12-10-8-9-11-13-15-23-72(109)88-78(50-115-39-30-69(106)82-36-19-33-79-66(103)24-16-27-73(110)89(62(47-94)54(3)97)42-59(45-92)85-56(5)99,51-116-40-31-70(107)83-37-20-34-80-67(104)25-17-28-74(111)90(63(48-95)55(4)98)43-60(46-93)86-57(6)100)52-117-41-32-71(108)84-38-21-35-81-68(105)26-18-29-75(112)91-44-61(87-58(7)101)76(113)77(114)64(91)49-96/h53-55,59-64,76-77,92-98,113-114H,8-52H2,1-7H3,(H,79,103)(H,80,104)(H,81,105)(H,82,106)(H,83,107)(H,84,108)(H,85,99)(H,86,100)(H,87,101)(H,88,109)/t54-,55-,59-,60-,61-,62?,63?,64?,76?,77?,78?/m1/s1. The summed E-state index contributed by atoms with van der Waals surface area (Å²) >= 11 is 0. The molecule has 39 nitrogen and oxygen atoms in total. The monoisotopic (exact) mass is 1680 g/mol. The van der Waals surface area contributed by atoms with Crippen molar-refractivity contribution in [3.63, 3.8) is 0 Å². The normalized spacial score (nSPS) is 16.6. The molecule has 0 radical (unpaired) electrons. The average molecular weight is 1680 g/mol. The molecule has 1 aliphatic heterocycles. The van der Waals surface area contributed by atoms with Crippen LogP contribution in [-0.4, -0.2) is 341 Å². The number of aliphatic hydroxyl groups excluding tert-OH is 9. The third kappa shape index (κ3) is 48.8. The van der Waals surface area contributed by atoms with Gasteiger partial charge in [0.1, 0.15) is 23.5 Å². The molecule has 0 spiro atoms. The van der Waals surface area contributed by atoms with E-state index in [-0.39, 0.29) is 217 Å². The predicted molar refractivity (Wildman–Crippen MR) is 427 cm³/mol. The maximum atomic E-state index is 14.0. The topological polar surface area (TPSA) is 579 Å². The summed E-state index contributed by atoms with van der Waals surface area (Å²) in [7, 11) is 0. The van der Waals surface area contributed by atoms with Crippen molar-refractivity contribution >= 4 is 82.6 Å². The van der Waals surface area contributed by atoms with E-state index in [0.29, 0.717) is 32.1 Å². The molecule has 1 fully saturated rings. The van der Waals surface area contributed by atoms with Gasteiger partial charge >= 0.3 is 0 Å². The van der Waals surface area contributed by atoms with Crippen molar-refractivity contribution in [3.8, 4) is 0 Å². The number of rotatable bonds is 68. The van der Waals surface area contributed by atoms with Gasteiger partial charge < -0.3 is 128 Å². The lowest BCUT2D eigenvalue weighted by Crippen LogP contribution is -2.67. The molecule has 1 rings (SSSR count). The van der Waals surface area contributed by atoms with Crippen molar-refractivity contribution in [2.45, 2.75) is 275 Å². The smallest absolute Gasteiger partial charge is 0.223 e. The number of nitrogens with one attached hydrogen (secondary N) is 10. The van der Waals surface area contributed by atoms with Crippen LogP contribution in [0.5, 0.6) is 0 Å². The summed E-state index contributed by atoms with van der Waals surface area (Å²) < 4.78 is 18.3. The van der Waals surface area contributed by atoms with Crippen molar-refractivity contribution in [1.82, 2.24) is 67.9 Å². The summed E-state index contributed by atoms with van der Waals surface area (Å²) in [4.78, 5) is 182. The number of ketones is 1. The molecular formula is C78H141N13O26. The van der Waals surface area contributed by atoms with Crippen molar-refractivity contribution in [3.05, 3.63) is 0 Å². The highest BCUT2D eigenvalue weighted by atomic mass is 16.5. The molecule has 0 aromatic rings. The minimum Gasteiger partial charge on any atom is -0.394 e. The number of unbranched alkanes of at least 4 members (excludes halogenated alkanes) is 7. The van der Waals surface area contributed by atoms with Crippen LogP contribution in [0.4, 0.5) is 0 Å². The molecule has 1 aliphatic rings. The van der Waals surface area contributed by atoms with Crippen LogP contribution in [0.3, 0.4) is 0 Å². The second-order valence-electron chi connectivity index (χ2n) is 30.2. The van der Waals surface area contributed by atoms with Crippen LogP contribution >= 0.6 is 0 Å². The van der Waals surface area contributed by atoms with Gasteiger partial charge in [-0.05, 0) is 65.2 Å². The molecule has 13 amide bonds. The van der Waals surface area contributed by atoms with Gasteiger partial charge in [0.05, 0.1) is 121 Å². The predicted octanol–water partition coefficient (Wildman–Crippen LogP) is -3.87. The van der Waals surface area contributed by atoms with E-state index in [0.717, 1.165) is 44.9 Å². The number of likely N-dealkylation sites (tertiary alicyclic amines) is 1. The minimum absolute atomic E-state index is 0.00913. The van der Waals surface area contributed by atoms with E-state index in [1.807, 2.05) is 13.8 Å². The number of ether oxygens (including phenoxy) is 3. The summed E-state index contributed by atoms with van der Waals surface area (Å²) in [5.74, 6) is -5.41. The number of piperidine rings is 1. The first-order valence-electron chi connectivity index (χ1n) is 41.3. The first-order chi connectivity index (χ1) is 55.7. The number of nitrogens with zero attached hydrogens (tertiary/aromatic N) is 3. The lowest BCUT2D eigenvalue weighted by molar-refractivity contribution is -0.153. The van der Waals surface area contributed by atoms with Crippen LogP contribution in [0.2, 0.25) is 0 Å². The Kier molecular flexibility index (Phi) is 58.1. The van der Waals surface area contributed by atoms with Gasteiger partial charge in [-0.25, -0.2) is 0 Å². The number of carbonyl (C=O) groups is 14. The quantitative estimate of drug-likeness (QED) is 0.0259. The molecule has 0 bridgehead atoms. The second kappa shape index (κ2) is 63.3. The zero-order chi connectivity index (χ0) is 87.7. The molecule has 1 saturated heterocycles. The second-order valence-corrected chi connectivity index (χ2v) is 30.2. The summed E-state index contributed by atoms with van der Waals surface area (Å²) in [5, 5.41) is 118. The van der Waals surface area contributed by atoms with Crippen LogP contribution in [0.15, 0.2) is 0 Å². The van der Waals surface area contributed by atoms with Gasteiger partial charge in [0.25, 0.3) is 0 Å². The third-order valence-corrected chi connectivity index (χ3v) is 19.4. The van der Waals surface area contributed by atoms with Gasteiger partial charge in [0, 0.05) is 156 Å². The Bertz CT molecular complexity index is 2850. The highest BCUT2D eigenvalue weighted by molar-refractivity contribution is 5.83. The molecule has 0 aliphatic carbocycles. The fraction of sp³-hybridized carbons (Fsp3) is 0.821. The molecule has 0 aromatic carbocycles. The number of aliphatic hydroxyl groups is 9. The average Bonchev–Trinajstić information content (AvgIpc) is 0.803. The van der Waals surface area contributed by atoms with E-state index in [9.17, 15) is 113 Å². The molecule has 117 heavy (non-hydrogen) atoms. The van der Waals surface area contributed by atoms with Gasteiger partial charge in [0.2, 0.25) is 76.8 Å².